The van der Waals surface area contributed by atoms with Crippen LogP contribution in [-0.2, 0) is 0 Å². The lowest BCUT2D eigenvalue weighted by molar-refractivity contribution is 0.0845. The quantitative estimate of drug-likeness (QED) is 0.636. The number of carbonyl (C=O) groups is 2. The van der Waals surface area contributed by atoms with E-state index in [1.54, 1.807) is 36.0 Å². The monoisotopic (exact) mass is 357 g/mol. The van der Waals surface area contributed by atoms with Gasteiger partial charge in [-0.25, -0.2) is 0 Å². The van der Waals surface area contributed by atoms with E-state index < -0.39 is 0 Å². The number of carbonyl (C=O) groups excluding carboxylic acids is 2. The first-order valence-electron chi connectivity index (χ1n) is 8.02. The molecule has 0 bridgehead atoms. The van der Waals surface area contributed by atoms with E-state index in [0.29, 0.717) is 16.4 Å². The summed E-state index contributed by atoms with van der Waals surface area (Å²) < 4.78 is 0. The molecule has 2 N–H and O–H groups in total. The highest BCUT2D eigenvalue weighted by atomic mass is 32.2. The van der Waals surface area contributed by atoms with E-state index in [9.17, 15) is 9.59 Å². The van der Waals surface area contributed by atoms with Crippen LogP contribution >= 0.6 is 11.8 Å². The molecule has 6 heteroatoms. The Balaban J connectivity index is 2.05. The van der Waals surface area contributed by atoms with Crippen LogP contribution in [0.2, 0.25) is 0 Å². The molecule has 0 radical (unpaired) electrons. The zero-order valence-electron chi connectivity index (χ0n) is 14.9. The maximum absolute atomic E-state index is 12.4. The van der Waals surface area contributed by atoms with Gasteiger partial charge in [-0.2, -0.15) is 0 Å². The van der Waals surface area contributed by atoms with Gasteiger partial charge in [0.1, 0.15) is 0 Å². The topological polar surface area (TPSA) is 61.4 Å². The van der Waals surface area contributed by atoms with Gasteiger partial charge in [0, 0.05) is 35.5 Å². The molecule has 2 aromatic rings. The summed E-state index contributed by atoms with van der Waals surface area (Å²) in [5.41, 5.74) is 6.91. The Labute approximate surface area is 152 Å². The lowest BCUT2D eigenvalue weighted by Gasteiger charge is -2.14. The number of hydrogen-bond acceptors (Lipinski definition) is 4. The van der Waals surface area contributed by atoms with Crippen molar-refractivity contribution in [3.05, 3.63) is 59.7 Å². The standard InChI is InChI=1S/C19H23N3O2S/c1-13(2)25-17-11-6-5-10-16(17)19(24)21-20-18(23)14-8-7-9-15(12-14)22(3)4/h5-13H,1-4H3,(H,20,23)(H,21,24). The first-order chi connectivity index (χ1) is 11.9. The van der Waals surface area contributed by atoms with E-state index in [2.05, 4.69) is 24.7 Å². The van der Waals surface area contributed by atoms with Gasteiger partial charge in [0.25, 0.3) is 11.8 Å². The molecule has 0 unspecified atom stereocenters. The Hall–Kier alpha value is -2.47. The average molecular weight is 357 g/mol. The molecule has 0 aliphatic carbocycles. The number of thioether (sulfide) groups is 1. The molecule has 0 fully saturated rings. The number of rotatable bonds is 5. The number of hydrogen-bond donors (Lipinski definition) is 2. The summed E-state index contributed by atoms with van der Waals surface area (Å²) in [6, 6.07) is 14.5. The van der Waals surface area contributed by atoms with Crippen LogP contribution in [0.5, 0.6) is 0 Å². The third kappa shape index (κ3) is 5.26. The molecule has 0 aromatic heterocycles. The van der Waals surface area contributed by atoms with Crippen LogP contribution in [0, 0.1) is 0 Å². The summed E-state index contributed by atoms with van der Waals surface area (Å²) >= 11 is 1.61. The van der Waals surface area contributed by atoms with Gasteiger partial charge >= 0.3 is 0 Å². The fraction of sp³-hybridized carbons (Fsp3) is 0.263. The largest absolute Gasteiger partial charge is 0.378 e. The molecule has 132 valence electrons. The summed E-state index contributed by atoms with van der Waals surface area (Å²) in [6.45, 7) is 4.14. The molecular weight excluding hydrogens is 334 g/mol. The molecule has 0 aliphatic rings. The van der Waals surface area contributed by atoms with Crippen molar-refractivity contribution in [1.82, 2.24) is 10.9 Å². The molecule has 0 saturated carbocycles. The highest BCUT2D eigenvalue weighted by molar-refractivity contribution is 8.00. The second kappa shape index (κ2) is 8.58. The maximum atomic E-state index is 12.4. The van der Waals surface area contributed by atoms with E-state index in [4.69, 9.17) is 0 Å². The second-order valence-electron chi connectivity index (χ2n) is 6.02. The molecule has 0 spiro atoms. The molecular formula is C19H23N3O2S. The molecule has 25 heavy (non-hydrogen) atoms. The minimum atomic E-state index is -0.356. The van der Waals surface area contributed by atoms with E-state index in [1.807, 2.05) is 43.3 Å². The van der Waals surface area contributed by atoms with Gasteiger partial charge < -0.3 is 4.90 Å². The zero-order valence-corrected chi connectivity index (χ0v) is 15.7. The third-order valence-corrected chi connectivity index (χ3v) is 4.49. The number of benzene rings is 2. The van der Waals surface area contributed by atoms with Crippen molar-refractivity contribution in [2.24, 2.45) is 0 Å². The predicted octanol–water partition coefficient (Wildman–Crippen LogP) is 3.33. The van der Waals surface area contributed by atoms with Crippen LogP contribution in [0.4, 0.5) is 5.69 Å². The SMILES string of the molecule is CC(C)Sc1ccccc1C(=O)NNC(=O)c1cccc(N(C)C)c1. The first-order valence-corrected chi connectivity index (χ1v) is 8.90. The summed E-state index contributed by atoms with van der Waals surface area (Å²) in [5, 5.41) is 0.359. The molecule has 2 rings (SSSR count). The molecule has 0 saturated heterocycles. The Morgan fingerprint density at radius 3 is 2.32 bits per heavy atom. The normalized spacial score (nSPS) is 10.4. The van der Waals surface area contributed by atoms with Crippen molar-refractivity contribution in [1.29, 1.82) is 0 Å². The number of nitrogens with zero attached hydrogens (tertiary/aromatic N) is 1. The van der Waals surface area contributed by atoms with Gasteiger partial charge in [-0.15, -0.1) is 11.8 Å². The number of hydrazine groups is 1. The van der Waals surface area contributed by atoms with Crippen LogP contribution in [0.15, 0.2) is 53.4 Å². The summed E-state index contributed by atoms with van der Waals surface area (Å²) in [6.07, 6.45) is 0. The lowest BCUT2D eigenvalue weighted by atomic mass is 10.2. The van der Waals surface area contributed by atoms with Crippen molar-refractivity contribution in [2.45, 2.75) is 24.0 Å². The number of nitrogens with one attached hydrogen (secondary N) is 2. The van der Waals surface area contributed by atoms with Gasteiger partial charge in [0.05, 0.1) is 5.56 Å². The fourth-order valence-corrected chi connectivity index (χ4v) is 3.14. The smallest absolute Gasteiger partial charge is 0.270 e. The number of anilines is 1. The second-order valence-corrected chi connectivity index (χ2v) is 7.63. The van der Waals surface area contributed by atoms with Gasteiger partial charge in [0.2, 0.25) is 0 Å². The van der Waals surface area contributed by atoms with Crippen molar-refractivity contribution in [3.63, 3.8) is 0 Å². The van der Waals surface area contributed by atoms with Gasteiger partial charge in [-0.1, -0.05) is 32.0 Å². The summed E-state index contributed by atoms with van der Waals surface area (Å²) in [4.78, 5) is 27.5. The van der Waals surface area contributed by atoms with E-state index in [-0.39, 0.29) is 11.8 Å². The highest BCUT2D eigenvalue weighted by Gasteiger charge is 2.14. The van der Waals surface area contributed by atoms with Crippen LogP contribution in [0.25, 0.3) is 0 Å². The van der Waals surface area contributed by atoms with E-state index >= 15 is 0 Å². The minimum absolute atomic E-state index is 0.333. The average Bonchev–Trinajstić information content (AvgIpc) is 2.59. The Bertz CT molecular complexity index is 760. The molecule has 0 atom stereocenters. The van der Waals surface area contributed by atoms with Crippen LogP contribution in [0.1, 0.15) is 34.6 Å². The van der Waals surface area contributed by atoms with Gasteiger partial charge in [-0.3, -0.25) is 20.4 Å². The Morgan fingerprint density at radius 2 is 1.64 bits per heavy atom. The van der Waals surface area contributed by atoms with Crippen molar-refractivity contribution < 1.29 is 9.59 Å². The van der Waals surface area contributed by atoms with Crippen molar-refractivity contribution in [3.8, 4) is 0 Å². The zero-order chi connectivity index (χ0) is 18.4. The summed E-state index contributed by atoms with van der Waals surface area (Å²) in [7, 11) is 3.81. The van der Waals surface area contributed by atoms with E-state index in [0.717, 1.165) is 10.6 Å². The third-order valence-electron chi connectivity index (χ3n) is 3.41. The molecule has 0 heterocycles. The highest BCUT2D eigenvalue weighted by Crippen LogP contribution is 2.26. The van der Waals surface area contributed by atoms with Gasteiger partial charge in [0.15, 0.2) is 0 Å². The van der Waals surface area contributed by atoms with E-state index in [1.165, 1.54) is 0 Å². The molecule has 2 aromatic carbocycles. The first kappa shape index (κ1) is 18.9. The van der Waals surface area contributed by atoms with Gasteiger partial charge in [-0.05, 0) is 30.3 Å². The Morgan fingerprint density at radius 1 is 0.960 bits per heavy atom. The van der Waals surface area contributed by atoms with Crippen LogP contribution in [0.3, 0.4) is 0 Å². The maximum Gasteiger partial charge on any atom is 0.270 e. The molecule has 5 nitrogen and oxygen atoms in total. The fourth-order valence-electron chi connectivity index (χ4n) is 2.19. The van der Waals surface area contributed by atoms with Crippen LogP contribution in [-0.4, -0.2) is 31.2 Å². The predicted molar refractivity (Wildman–Crippen MR) is 103 cm³/mol. The van der Waals surface area contributed by atoms with Crippen molar-refractivity contribution in [2.75, 3.05) is 19.0 Å². The Kier molecular flexibility index (Phi) is 6.47. The lowest BCUT2D eigenvalue weighted by Crippen LogP contribution is -2.41. The summed E-state index contributed by atoms with van der Waals surface area (Å²) in [5.74, 6) is -0.688. The molecule has 0 aliphatic heterocycles. The number of amides is 2. The van der Waals surface area contributed by atoms with Crippen LogP contribution < -0.4 is 15.8 Å². The van der Waals surface area contributed by atoms with Crippen molar-refractivity contribution >= 4 is 29.3 Å². The molecule has 2 amide bonds. The minimum Gasteiger partial charge on any atom is -0.378 e.